The van der Waals surface area contributed by atoms with Crippen LogP contribution in [-0.4, -0.2) is 9.97 Å². The molecule has 0 amide bonds. The summed E-state index contributed by atoms with van der Waals surface area (Å²) in [7, 11) is 0. The van der Waals surface area contributed by atoms with E-state index in [1.165, 1.54) is 0 Å². The fraction of sp³-hybridized carbons (Fsp3) is 0.290. The van der Waals surface area contributed by atoms with Crippen LogP contribution in [0.5, 0.6) is 0 Å². The lowest BCUT2D eigenvalue weighted by molar-refractivity contribution is 0.530. The van der Waals surface area contributed by atoms with Gasteiger partial charge in [-0.1, -0.05) is 64.1 Å². The maximum Gasteiger partial charge on any atom is 0.135 e. The molecule has 0 unspecified atom stereocenters. The molecule has 178 valence electrons. The minimum absolute atomic E-state index is 0.292. The molecular formula is C31H30F2N2. The summed E-state index contributed by atoms with van der Waals surface area (Å²) in [6, 6.07) is 22.5. The lowest BCUT2D eigenvalue weighted by atomic mass is 9.74. The van der Waals surface area contributed by atoms with E-state index in [0.717, 1.165) is 34.3 Å². The zero-order valence-electron chi connectivity index (χ0n) is 21.1. The predicted molar refractivity (Wildman–Crippen MR) is 137 cm³/mol. The number of nitrogens with zero attached hydrogens (tertiary/aromatic N) is 2. The highest BCUT2D eigenvalue weighted by Crippen LogP contribution is 2.40. The third-order valence-corrected chi connectivity index (χ3v) is 7.73. The number of fused-ring (bicyclic) bond motifs is 9. The Labute approximate surface area is 206 Å². The number of pyridine rings is 2. The van der Waals surface area contributed by atoms with Crippen LogP contribution in [-0.2, 0) is 16.2 Å². The Morgan fingerprint density at radius 3 is 1.77 bits per heavy atom. The second-order valence-electron chi connectivity index (χ2n) is 11.1. The molecule has 3 heterocycles. The SMILES string of the molecule is CC1(C)c2cccc(c2)C(C)(C)c2cc(c(F)cc2F)-c2cccc(n2)C(C)(C)c2cccc1n2. The van der Waals surface area contributed by atoms with E-state index in [2.05, 4.69) is 45.9 Å². The Bertz CT molecular complexity index is 1450. The summed E-state index contributed by atoms with van der Waals surface area (Å²) in [5, 5.41) is 0. The molecule has 0 radical (unpaired) electrons. The molecule has 0 fully saturated rings. The van der Waals surface area contributed by atoms with Crippen LogP contribution >= 0.6 is 0 Å². The van der Waals surface area contributed by atoms with E-state index < -0.39 is 22.5 Å². The van der Waals surface area contributed by atoms with Crippen molar-refractivity contribution in [1.29, 1.82) is 0 Å². The number of hydrogen-bond acceptors (Lipinski definition) is 2. The molecule has 1 aliphatic rings. The normalized spacial score (nSPS) is 17.3. The summed E-state index contributed by atoms with van der Waals surface area (Å²) in [5.74, 6) is -1.18. The number of aromatic nitrogens is 2. The lowest BCUT2D eigenvalue weighted by Crippen LogP contribution is -2.27. The highest BCUT2D eigenvalue weighted by Gasteiger charge is 2.34. The van der Waals surface area contributed by atoms with Gasteiger partial charge in [0.1, 0.15) is 11.6 Å². The number of hydrogen-bond donors (Lipinski definition) is 0. The van der Waals surface area contributed by atoms with E-state index in [1.54, 1.807) is 12.1 Å². The Morgan fingerprint density at radius 1 is 0.543 bits per heavy atom. The lowest BCUT2D eigenvalue weighted by Gasteiger charge is -2.31. The van der Waals surface area contributed by atoms with Crippen molar-refractivity contribution in [3.8, 4) is 11.3 Å². The zero-order valence-corrected chi connectivity index (χ0v) is 21.1. The van der Waals surface area contributed by atoms with Gasteiger partial charge in [-0.05, 0) is 60.9 Å². The summed E-state index contributed by atoms with van der Waals surface area (Å²) in [6.07, 6.45) is 0. The molecular weight excluding hydrogens is 438 g/mol. The van der Waals surface area contributed by atoms with Crippen molar-refractivity contribution in [2.24, 2.45) is 0 Å². The molecule has 8 bridgehead atoms. The Kier molecular flexibility index (Phi) is 5.21. The summed E-state index contributed by atoms with van der Waals surface area (Å²) >= 11 is 0. The average Bonchev–Trinajstić information content (AvgIpc) is 2.83. The molecule has 0 N–H and O–H groups in total. The summed E-state index contributed by atoms with van der Waals surface area (Å²) in [5.41, 5.74) is 4.23. The third-order valence-electron chi connectivity index (χ3n) is 7.73. The van der Waals surface area contributed by atoms with Crippen molar-refractivity contribution in [1.82, 2.24) is 9.97 Å². The van der Waals surface area contributed by atoms with Crippen molar-refractivity contribution < 1.29 is 8.78 Å². The second-order valence-corrected chi connectivity index (χ2v) is 11.1. The van der Waals surface area contributed by atoms with Gasteiger partial charge in [-0.25, -0.2) is 8.78 Å². The fourth-order valence-electron chi connectivity index (χ4n) is 5.02. The summed E-state index contributed by atoms with van der Waals surface area (Å²) in [6.45, 7) is 12.4. The molecule has 0 aliphatic carbocycles. The molecule has 0 spiro atoms. The van der Waals surface area contributed by atoms with Gasteiger partial charge in [-0.15, -0.1) is 0 Å². The molecule has 5 rings (SSSR count). The standard InChI is InChI=1S/C31H30F2N2/c1-29(2)19-10-7-11-20(16-19)30(3,4)26-14-9-15-28(35-26)31(5,6)27-13-8-12-25(34-27)21-17-22(29)24(33)18-23(21)32/h7-18H,1-6H3. The topological polar surface area (TPSA) is 25.8 Å². The van der Waals surface area contributed by atoms with Gasteiger partial charge in [0.25, 0.3) is 0 Å². The molecule has 4 heteroatoms. The molecule has 35 heavy (non-hydrogen) atoms. The Morgan fingerprint density at radius 2 is 1.09 bits per heavy atom. The van der Waals surface area contributed by atoms with Crippen molar-refractivity contribution in [2.45, 2.75) is 57.8 Å². The Balaban J connectivity index is 1.89. The van der Waals surface area contributed by atoms with E-state index in [-0.39, 0.29) is 5.41 Å². The van der Waals surface area contributed by atoms with Crippen LogP contribution in [0, 0.1) is 11.6 Å². The van der Waals surface area contributed by atoms with Gasteiger partial charge in [-0.2, -0.15) is 0 Å². The maximum atomic E-state index is 15.3. The van der Waals surface area contributed by atoms with Gasteiger partial charge in [-0.3, -0.25) is 9.97 Å². The van der Waals surface area contributed by atoms with Crippen molar-refractivity contribution in [3.63, 3.8) is 0 Å². The van der Waals surface area contributed by atoms with Crippen molar-refractivity contribution in [3.05, 3.63) is 118 Å². The number of rotatable bonds is 0. The van der Waals surface area contributed by atoms with Gasteiger partial charge < -0.3 is 0 Å². The number of halogens is 2. The third kappa shape index (κ3) is 3.67. The highest BCUT2D eigenvalue weighted by molar-refractivity contribution is 5.63. The van der Waals surface area contributed by atoms with Crippen molar-refractivity contribution in [2.75, 3.05) is 0 Å². The van der Waals surface area contributed by atoms with E-state index in [0.29, 0.717) is 16.8 Å². The summed E-state index contributed by atoms with van der Waals surface area (Å²) in [4.78, 5) is 9.98. The van der Waals surface area contributed by atoms with Gasteiger partial charge >= 0.3 is 0 Å². The van der Waals surface area contributed by atoms with E-state index in [4.69, 9.17) is 9.97 Å². The molecule has 2 aromatic heterocycles. The molecule has 4 aromatic rings. The smallest absolute Gasteiger partial charge is 0.135 e. The minimum Gasteiger partial charge on any atom is -0.256 e. The number of benzene rings is 2. The first-order chi connectivity index (χ1) is 16.4. The molecule has 1 aliphatic heterocycles. The van der Waals surface area contributed by atoms with E-state index in [1.807, 2.05) is 50.2 Å². The van der Waals surface area contributed by atoms with Crippen LogP contribution in [0.15, 0.2) is 72.8 Å². The largest absolute Gasteiger partial charge is 0.256 e. The molecule has 2 nitrogen and oxygen atoms in total. The monoisotopic (exact) mass is 468 g/mol. The van der Waals surface area contributed by atoms with Gasteiger partial charge in [0.15, 0.2) is 0 Å². The first-order valence-electron chi connectivity index (χ1n) is 12.0. The van der Waals surface area contributed by atoms with Crippen molar-refractivity contribution >= 4 is 0 Å². The molecule has 0 saturated heterocycles. The molecule has 0 atom stereocenters. The van der Waals surface area contributed by atoms with Crippen LogP contribution in [0.25, 0.3) is 11.3 Å². The first kappa shape index (κ1) is 23.3. The van der Waals surface area contributed by atoms with Crippen LogP contribution in [0.2, 0.25) is 0 Å². The quantitative estimate of drug-likeness (QED) is 0.264. The second kappa shape index (κ2) is 7.81. The van der Waals surface area contributed by atoms with Crippen LogP contribution in [0.1, 0.15) is 75.3 Å². The molecule has 2 aromatic carbocycles. The Hall–Kier alpha value is -3.40. The predicted octanol–water partition coefficient (Wildman–Crippen LogP) is 7.71. The van der Waals surface area contributed by atoms with Gasteiger partial charge in [0.2, 0.25) is 0 Å². The highest BCUT2D eigenvalue weighted by atomic mass is 19.1. The van der Waals surface area contributed by atoms with Gasteiger partial charge in [0.05, 0.1) is 22.8 Å². The first-order valence-corrected chi connectivity index (χ1v) is 12.0. The van der Waals surface area contributed by atoms with Crippen LogP contribution < -0.4 is 0 Å². The maximum absolute atomic E-state index is 15.3. The van der Waals surface area contributed by atoms with Gasteiger partial charge in [0, 0.05) is 27.9 Å². The summed E-state index contributed by atoms with van der Waals surface area (Å²) < 4.78 is 30.4. The minimum atomic E-state index is -0.703. The fourth-order valence-corrected chi connectivity index (χ4v) is 5.02. The van der Waals surface area contributed by atoms with Crippen LogP contribution in [0.4, 0.5) is 8.78 Å². The molecule has 0 saturated carbocycles. The van der Waals surface area contributed by atoms with Crippen LogP contribution in [0.3, 0.4) is 0 Å². The zero-order chi connectivity index (χ0) is 25.2. The average molecular weight is 469 g/mol. The van der Waals surface area contributed by atoms with E-state index in [9.17, 15) is 0 Å². The van der Waals surface area contributed by atoms with E-state index >= 15 is 8.78 Å².